The molecule has 5 rings (SSSR count). The highest BCUT2D eigenvalue weighted by atomic mass is 32.2. The van der Waals surface area contributed by atoms with Gasteiger partial charge in [0.1, 0.15) is 11.8 Å². The van der Waals surface area contributed by atoms with E-state index in [0.717, 1.165) is 29.0 Å². The van der Waals surface area contributed by atoms with Gasteiger partial charge >= 0.3 is 0 Å². The van der Waals surface area contributed by atoms with E-state index in [9.17, 15) is 19.5 Å². The molecule has 0 aromatic heterocycles. The molecule has 2 aromatic rings. The van der Waals surface area contributed by atoms with E-state index < -0.39 is 22.6 Å². The number of aliphatic hydroxyl groups excluding tert-OH is 1. The fourth-order valence-electron chi connectivity index (χ4n) is 6.70. The largest absolute Gasteiger partial charge is 0.494 e. The highest BCUT2D eigenvalue weighted by Gasteiger charge is 2.75. The van der Waals surface area contributed by atoms with Crippen LogP contribution in [0.4, 0.5) is 11.4 Å². The van der Waals surface area contributed by atoms with Gasteiger partial charge in [-0.15, -0.1) is 11.8 Å². The Balaban J connectivity index is 1.46. The highest BCUT2D eigenvalue weighted by molar-refractivity contribution is 8.02. The lowest BCUT2D eigenvalue weighted by Crippen LogP contribution is -2.55. The minimum absolute atomic E-state index is 0.0485. The van der Waals surface area contributed by atoms with E-state index in [0.29, 0.717) is 18.7 Å². The molecule has 3 saturated heterocycles. The molecule has 2 aromatic carbocycles. The summed E-state index contributed by atoms with van der Waals surface area (Å²) >= 11 is 1.64. The summed E-state index contributed by atoms with van der Waals surface area (Å²) in [5.74, 6) is -0.941. The van der Waals surface area contributed by atoms with Crippen LogP contribution in [0.3, 0.4) is 0 Å². The number of benzene rings is 2. The van der Waals surface area contributed by atoms with Gasteiger partial charge in [0, 0.05) is 29.8 Å². The number of amides is 3. The van der Waals surface area contributed by atoms with Crippen molar-refractivity contribution in [1.82, 2.24) is 4.90 Å². The highest BCUT2D eigenvalue weighted by Crippen LogP contribution is 2.68. The molecule has 2 bridgehead atoms. The van der Waals surface area contributed by atoms with Crippen molar-refractivity contribution in [2.24, 2.45) is 17.8 Å². The summed E-state index contributed by atoms with van der Waals surface area (Å²) in [5.41, 5.74) is 3.34. The summed E-state index contributed by atoms with van der Waals surface area (Å²) in [7, 11) is 0. The van der Waals surface area contributed by atoms with Crippen molar-refractivity contribution < 1.29 is 24.2 Å². The monoisotopic (exact) mass is 551 g/mol. The van der Waals surface area contributed by atoms with Crippen molar-refractivity contribution in [3.05, 3.63) is 53.6 Å². The Morgan fingerprint density at radius 2 is 1.87 bits per heavy atom. The van der Waals surface area contributed by atoms with Crippen LogP contribution in [0.1, 0.15) is 37.8 Å². The van der Waals surface area contributed by atoms with Gasteiger partial charge in [-0.1, -0.05) is 19.1 Å². The number of fused-ring (bicyclic) bond motifs is 1. The van der Waals surface area contributed by atoms with E-state index in [1.807, 2.05) is 51.1 Å². The molecule has 3 aliphatic heterocycles. The van der Waals surface area contributed by atoms with Gasteiger partial charge in [0.15, 0.2) is 0 Å². The number of aliphatic hydroxyl groups is 1. The maximum Gasteiger partial charge on any atom is 0.248 e. The Kier molecular flexibility index (Phi) is 7.66. The number of ether oxygens (including phenoxy) is 1. The lowest BCUT2D eigenvalue weighted by molar-refractivity contribution is -0.138. The number of likely N-dealkylation sites (tertiary alicyclic amines) is 1. The second kappa shape index (κ2) is 10.8. The number of hydrogen-bond donors (Lipinski definition) is 3. The van der Waals surface area contributed by atoms with Gasteiger partial charge in [-0.25, -0.2) is 0 Å². The molecule has 3 amide bonds. The Morgan fingerprint density at radius 1 is 1.13 bits per heavy atom. The number of rotatable bonds is 9. The molecule has 3 heterocycles. The molecule has 6 atom stereocenters. The van der Waals surface area contributed by atoms with E-state index in [4.69, 9.17) is 4.74 Å². The van der Waals surface area contributed by atoms with E-state index in [1.54, 1.807) is 28.8 Å². The molecule has 3 aliphatic rings. The van der Waals surface area contributed by atoms with Crippen LogP contribution in [-0.4, -0.2) is 63.5 Å². The van der Waals surface area contributed by atoms with Crippen molar-refractivity contribution in [2.45, 2.75) is 56.6 Å². The third kappa shape index (κ3) is 4.69. The number of nitrogens with zero attached hydrogens (tertiary/aromatic N) is 1. The maximum atomic E-state index is 14.0. The van der Waals surface area contributed by atoms with Crippen LogP contribution >= 0.6 is 11.8 Å². The standard InChI is InChI=1S/C30H37N3O5S/c1-5-38-21-11-9-20(10-12-21)31-27(35)24-23-16-19(4)30(39-23)25(24)29(37)33(13-6-14-34)26(30)28(36)32-22-15-17(2)7-8-18(22)3/h7-12,15,19,23-26,34H,5-6,13-14,16H2,1-4H3,(H,31,35)(H,32,36)/t19?,23-,24+,25-,26?,30?/m0/s1. The average Bonchev–Trinajstić information content (AvgIpc) is 3.49. The SMILES string of the molecule is CCOc1ccc(NC(=O)[C@@H]2[C@@H]3CC(C)C4(S3)C(C(=O)Nc3cc(C)ccc3C)N(CCCO)C(=O)[C@H]24)cc1. The first kappa shape index (κ1) is 27.5. The van der Waals surface area contributed by atoms with Crippen LogP contribution in [0.5, 0.6) is 5.75 Å². The molecule has 8 nitrogen and oxygen atoms in total. The zero-order valence-corrected chi connectivity index (χ0v) is 23.7. The molecule has 9 heteroatoms. The normalized spacial score (nSPS) is 28.9. The summed E-state index contributed by atoms with van der Waals surface area (Å²) in [6, 6.07) is 12.4. The molecule has 3 N–H and O–H groups in total. The number of aryl methyl sites for hydroxylation is 2. The van der Waals surface area contributed by atoms with Gasteiger partial charge in [-0.3, -0.25) is 14.4 Å². The van der Waals surface area contributed by atoms with Gasteiger partial charge in [0.25, 0.3) is 0 Å². The quantitative estimate of drug-likeness (QED) is 0.435. The van der Waals surface area contributed by atoms with Crippen molar-refractivity contribution in [2.75, 3.05) is 30.4 Å². The predicted molar refractivity (Wildman–Crippen MR) is 153 cm³/mol. The van der Waals surface area contributed by atoms with Gasteiger partial charge in [0.05, 0.1) is 23.2 Å². The number of anilines is 2. The first-order chi connectivity index (χ1) is 18.7. The molecule has 3 unspecified atom stereocenters. The fourth-order valence-corrected chi connectivity index (χ4v) is 9.12. The molecule has 3 fully saturated rings. The zero-order valence-electron chi connectivity index (χ0n) is 22.9. The number of carbonyl (C=O) groups excluding carboxylic acids is 3. The topological polar surface area (TPSA) is 108 Å². The zero-order chi connectivity index (χ0) is 27.9. The Hall–Kier alpha value is -3.04. The van der Waals surface area contributed by atoms with Gasteiger partial charge in [0.2, 0.25) is 17.7 Å². The summed E-state index contributed by atoms with van der Waals surface area (Å²) in [6.07, 6.45) is 1.13. The smallest absolute Gasteiger partial charge is 0.248 e. The van der Waals surface area contributed by atoms with Crippen molar-refractivity contribution in [3.63, 3.8) is 0 Å². The summed E-state index contributed by atoms with van der Waals surface area (Å²) < 4.78 is 4.79. The molecule has 208 valence electrons. The average molecular weight is 552 g/mol. The first-order valence-electron chi connectivity index (χ1n) is 13.7. The fraction of sp³-hybridized carbons (Fsp3) is 0.500. The molecular weight excluding hydrogens is 514 g/mol. The number of nitrogens with one attached hydrogen (secondary N) is 2. The minimum atomic E-state index is -0.727. The Labute approximate surface area is 233 Å². The van der Waals surface area contributed by atoms with Crippen LogP contribution in [-0.2, 0) is 14.4 Å². The van der Waals surface area contributed by atoms with Crippen LogP contribution in [0.15, 0.2) is 42.5 Å². The summed E-state index contributed by atoms with van der Waals surface area (Å²) in [4.78, 5) is 43.4. The third-order valence-electron chi connectivity index (χ3n) is 8.44. The van der Waals surface area contributed by atoms with E-state index in [2.05, 4.69) is 17.6 Å². The van der Waals surface area contributed by atoms with Crippen molar-refractivity contribution in [3.8, 4) is 5.75 Å². The molecule has 39 heavy (non-hydrogen) atoms. The molecule has 1 spiro atoms. The van der Waals surface area contributed by atoms with E-state index in [1.165, 1.54) is 0 Å². The molecule has 0 radical (unpaired) electrons. The van der Waals surface area contributed by atoms with E-state index >= 15 is 0 Å². The Bertz CT molecular complexity index is 1270. The predicted octanol–water partition coefficient (Wildman–Crippen LogP) is 4.00. The second-order valence-electron chi connectivity index (χ2n) is 10.9. The minimum Gasteiger partial charge on any atom is -0.494 e. The third-order valence-corrected chi connectivity index (χ3v) is 10.5. The van der Waals surface area contributed by atoms with Crippen LogP contribution in [0.25, 0.3) is 0 Å². The van der Waals surface area contributed by atoms with Crippen LogP contribution < -0.4 is 15.4 Å². The lowest BCUT2D eigenvalue weighted by atomic mass is 9.66. The molecule has 0 saturated carbocycles. The van der Waals surface area contributed by atoms with Crippen LogP contribution in [0, 0.1) is 31.6 Å². The first-order valence-corrected chi connectivity index (χ1v) is 14.6. The van der Waals surface area contributed by atoms with Crippen molar-refractivity contribution >= 4 is 40.9 Å². The Morgan fingerprint density at radius 3 is 2.56 bits per heavy atom. The van der Waals surface area contributed by atoms with Gasteiger partial charge < -0.3 is 25.4 Å². The summed E-state index contributed by atoms with van der Waals surface area (Å²) in [5, 5.41) is 15.6. The molecular formula is C30H37N3O5S. The maximum absolute atomic E-state index is 14.0. The number of carbonyl (C=O) groups is 3. The van der Waals surface area contributed by atoms with Crippen molar-refractivity contribution in [1.29, 1.82) is 0 Å². The van der Waals surface area contributed by atoms with E-state index in [-0.39, 0.29) is 42.0 Å². The van der Waals surface area contributed by atoms with Gasteiger partial charge in [-0.2, -0.15) is 0 Å². The van der Waals surface area contributed by atoms with Gasteiger partial charge in [-0.05, 0) is 81.0 Å². The number of thioether (sulfide) groups is 1. The lowest BCUT2D eigenvalue weighted by Gasteiger charge is -2.38. The van der Waals surface area contributed by atoms with Crippen LogP contribution in [0.2, 0.25) is 0 Å². The summed E-state index contributed by atoms with van der Waals surface area (Å²) in [6.45, 7) is 8.67. The second-order valence-corrected chi connectivity index (χ2v) is 12.5. The molecule has 0 aliphatic carbocycles. The number of hydrogen-bond acceptors (Lipinski definition) is 6.